The lowest BCUT2D eigenvalue weighted by Crippen LogP contribution is -2.61. The van der Waals surface area contributed by atoms with Crippen LogP contribution in [0.25, 0.3) is 55.3 Å². The van der Waals surface area contributed by atoms with Crippen LogP contribution >= 0.6 is 0 Å². The van der Waals surface area contributed by atoms with E-state index in [9.17, 15) is 0 Å². The average Bonchev–Trinajstić information content (AvgIpc) is 3.85. The average molecular weight is 891 g/mol. The highest BCUT2D eigenvalue weighted by Gasteiger charge is 2.45. The van der Waals surface area contributed by atoms with Gasteiger partial charge in [-0.05, 0) is 137 Å². The van der Waals surface area contributed by atoms with Crippen molar-refractivity contribution in [3.8, 4) is 33.4 Å². The number of anilines is 6. The molecule has 0 saturated carbocycles. The highest BCUT2D eigenvalue weighted by molar-refractivity contribution is 7.00. The van der Waals surface area contributed by atoms with E-state index in [0.29, 0.717) is 0 Å². The Hall–Kier alpha value is -7.56. The molecule has 3 nitrogen and oxygen atoms in total. The normalized spacial score (nSPS) is 14.4. The number of para-hydroxylation sites is 2. The number of hydrogen-bond donors (Lipinski definition) is 0. The molecule has 3 heterocycles. The van der Waals surface area contributed by atoms with Crippen LogP contribution in [0.1, 0.15) is 77.6 Å². The molecule has 0 unspecified atom stereocenters. The summed E-state index contributed by atoms with van der Waals surface area (Å²) in [6, 6.07) is 70.7. The smallest absolute Gasteiger partial charge is 0.252 e. The van der Waals surface area contributed by atoms with Gasteiger partial charge in [0.25, 0.3) is 6.71 Å². The lowest BCUT2D eigenvalue weighted by molar-refractivity contribution is 0.590. The van der Waals surface area contributed by atoms with Gasteiger partial charge >= 0.3 is 0 Å². The quantitative estimate of drug-likeness (QED) is 0.164. The maximum atomic E-state index is 6.92. The Bertz CT molecular complexity index is 3730. The minimum absolute atomic E-state index is 0.0350. The zero-order chi connectivity index (χ0) is 47.1. The highest BCUT2D eigenvalue weighted by Crippen LogP contribution is 2.51. The van der Waals surface area contributed by atoms with Crippen LogP contribution in [-0.4, -0.2) is 6.71 Å². The molecule has 69 heavy (non-hydrogen) atoms. The maximum Gasteiger partial charge on any atom is 0.252 e. The molecule has 9 aromatic carbocycles. The summed E-state index contributed by atoms with van der Waals surface area (Å²) >= 11 is 0. The van der Waals surface area contributed by atoms with Crippen LogP contribution < -0.4 is 26.2 Å². The van der Waals surface area contributed by atoms with Gasteiger partial charge in [0.2, 0.25) is 0 Å². The van der Waals surface area contributed by atoms with Crippen LogP contribution in [0.5, 0.6) is 0 Å². The van der Waals surface area contributed by atoms with Gasteiger partial charge in [-0.15, -0.1) is 0 Å². The minimum Gasteiger partial charge on any atom is -0.454 e. The van der Waals surface area contributed by atoms with Crippen molar-refractivity contribution in [3.63, 3.8) is 0 Å². The molecule has 1 aliphatic carbocycles. The molecule has 0 saturated heterocycles. The van der Waals surface area contributed by atoms with Crippen molar-refractivity contribution in [1.82, 2.24) is 0 Å². The second-order valence-corrected chi connectivity index (χ2v) is 22.2. The van der Waals surface area contributed by atoms with Crippen LogP contribution in [0.15, 0.2) is 192 Å². The van der Waals surface area contributed by atoms with E-state index in [1.165, 1.54) is 94.8 Å². The zero-order valence-corrected chi connectivity index (χ0v) is 40.8. The highest BCUT2D eigenvalue weighted by atomic mass is 16.3. The largest absolute Gasteiger partial charge is 0.454 e. The van der Waals surface area contributed by atoms with Crippen LogP contribution in [0.4, 0.5) is 34.1 Å². The number of hydrogen-bond acceptors (Lipinski definition) is 3. The Morgan fingerprint density at radius 3 is 1.83 bits per heavy atom. The number of benzene rings is 9. The van der Waals surface area contributed by atoms with Gasteiger partial charge in [-0.25, -0.2) is 0 Å². The summed E-state index contributed by atoms with van der Waals surface area (Å²) in [5.41, 5.74) is 25.3. The summed E-state index contributed by atoms with van der Waals surface area (Å²) in [6.45, 7) is 18.7. The first-order chi connectivity index (χ1) is 33.2. The Morgan fingerprint density at radius 2 is 1.04 bits per heavy atom. The molecule has 13 rings (SSSR count). The molecule has 0 fully saturated rings. The molecule has 10 aromatic rings. The zero-order valence-electron chi connectivity index (χ0n) is 40.8. The van der Waals surface area contributed by atoms with Crippen molar-refractivity contribution in [2.24, 2.45) is 0 Å². The Balaban J connectivity index is 1.06. The van der Waals surface area contributed by atoms with Crippen LogP contribution in [0, 0.1) is 0 Å². The van der Waals surface area contributed by atoms with Crippen molar-refractivity contribution in [3.05, 3.63) is 210 Å². The predicted molar refractivity (Wildman–Crippen MR) is 294 cm³/mol. The summed E-state index contributed by atoms with van der Waals surface area (Å²) in [5.74, 6) is 0. The number of nitrogens with zero attached hydrogens (tertiary/aromatic N) is 2. The topological polar surface area (TPSA) is 19.6 Å². The van der Waals surface area contributed by atoms with Gasteiger partial charge in [0.15, 0.2) is 5.58 Å². The van der Waals surface area contributed by atoms with Crippen molar-refractivity contribution < 1.29 is 4.42 Å². The third-order valence-electron chi connectivity index (χ3n) is 15.6. The van der Waals surface area contributed by atoms with E-state index in [4.69, 9.17) is 4.42 Å². The molecule has 0 atom stereocenters. The summed E-state index contributed by atoms with van der Waals surface area (Å²) in [5, 5.41) is 2.25. The third-order valence-corrected chi connectivity index (χ3v) is 15.6. The SMILES string of the molecule is CC(C)(C)c1ccc2c(c1)N(c1cccc3c1oc1ccccc13)c1cc(C(C)(C)C)cc3c1B2c1cc(-c2ccccc2)ccc1N3c1ccc(-c2ccc3c(c2)C(C)(C)c2ccccc2-3)cc1. The van der Waals surface area contributed by atoms with E-state index < -0.39 is 0 Å². The molecule has 334 valence electrons. The second kappa shape index (κ2) is 14.7. The number of furan rings is 1. The lowest BCUT2D eigenvalue weighted by Gasteiger charge is -2.45. The standard InChI is InChI=1S/C65H55BN2O/c1-63(2,3)44-29-33-53-57(37-44)68(56-23-16-21-50-49-20-13-15-24-60(49)69-62(50)56)59-39-45(64(4,5)6)38-58-61(59)66(53)54-36-43(40-17-10-9-11-18-40)28-34-55(54)67(58)46-30-25-41(26-31-46)42-27-32-48-47-19-12-14-22-51(47)65(7,8)52(48)35-42/h9-39H,1-8H3. The second-order valence-electron chi connectivity index (χ2n) is 22.2. The molecule has 0 amide bonds. The lowest BCUT2D eigenvalue weighted by atomic mass is 9.33. The first-order valence-corrected chi connectivity index (χ1v) is 24.6. The Kier molecular flexibility index (Phi) is 8.88. The first-order valence-electron chi connectivity index (χ1n) is 24.6. The van der Waals surface area contributed by atoms with Gasteiger partial charge in [0, 0.05) is 44.6 Å². The molecular weight excluding hydrogens is 836 g/mol. The molecule has 3 aliphatic rings. The summed E-state index contributed by atoms with van der Waals surface area (Å²) in [4.78, 5) is 5.09. The van der Waals surface area contributed by atoms with Crippen molar-refractivity contribution in [1.29, 1.82) is 0 Å². The van der Waals surface area contributed by atoms with Crippen LogP contribution in [0.3, 0.4) is 0 Å². The molecule has 0 spiro atoms. The number of fused-ring (bicyclic) bond motifs is 10. The fraction of sp³-hybridized carbons (Fsp3) is 0.169. The fourth-order valence-electron chi connectivity index (χ4n) is 11.8. The van der Waals surface area contributed by atoms with E-state index in [1.54, 1.807) is 0 Å². The molecule has 0 bridgehead atoms. The van der Waals surface area contributed by atoms with Gasteiger partial charge in [-0.1, -0.05) is 189 Å². The van der Waals surface area contributed by atoms with Crippen LogP contribution in [0.2, 0.25) is 0 Å². The molecule has 4 heteroatoms. The van der Waals surface area contributed by atoms with Crippen molar-refractivity contribution in [2.45, 2.75) is 71.6 Å². The predicted octanol–water partition coefficient (Wildman–Crippen LogP) is 15.9. The summed E-state index contributed by atoms with van der Waals surface area (Å²) in [6.07, 6.45) is 0. The fourth-order valence-corrected chi connectivity index (χ4v) is 11.8. The van der Waals surface area contributed by atoms with Gasteiger partial charge < -0.3 is 14.2 Å². The molecule has 2 aliphatic heterocycles. The molecule has 0 radical (unpaired) electrons. The van der Waals surface area contributed by atoms with E-state index >= 15 is 0 Å². The molecular formula is C65H55BN2O. The summed E-state index contributed by atoms with van der Waals surface area (Å²) < 4.78 is 6.92. The minimum atomic E-state index is -0.153. The van der Waals surface area contributed by atoms with Gasteiger partial charge in [0.05, 0.1) is 5.69 Å². The van der Waals surface area contributed by atoms with E-state index in [2.05, 4.69) is 253 Å². The molecule has 1 aromatic heterocycles. The van der Waals surface area contributed by atoms with Crippen LogP contribution in [-0.2, 0) is 16.2 Å². The van der Waals surface area contributed by atoms with Gasteiger partial charge in [-0.2, -0.15) is 0 Å². The third kappa shape index (κ3) is 6.27. The van der Waals surface area contributed by atoms with E-state index in [1.807, 2.05) is 0 Å². The van der Waals surface area contributed by atoms with E-state index in [0.717, 1.165) is 33.3 Å². The first kappa shape index (κ1) is 41.6. The molecule has 0 N–H and O–H groups in total. The van der Waals surface area contributed by atoms with Gasteiger partial charge in [-0.3, -0.25) is 0 Å². The monoisotopic (exact) mass is 890 g/mol. The number of rotatable bonds is 4. The maximum absolute atomic E-state index is 6.92. The Morgan fingerprint density at radius 1 is 0.420 bits per heavy atom. The Labute approximate surface area is 406 Å². The van der Waals surface area contributed by atoms with Crippen molar-refractivity contribution >= 4 is 79.2 Å². The summed E-state index contributed by atoms with van der Waals surface area (Å²) in [7, 11) is 0. The van der Waals surface area contributed by atoms with Crippen molar-refractivity contribution in [2.75, 3.05) is 9.80 Å². The van der Waals surface area contributed by atoms with Gasteiger partial charge in [0.1, 0.15) is 5.58 Å². The van der Waals surface area contributed by atoms with E-state index in [-0.39, 0.29) is 23.0 Å².